The monoisotopic (exact) mass is 363 g/mol. The molecule has 0 aliphatic carbocycles. The second-order valence-electron chi connectivity index (χ2n) is 5.04. The van der Waals surface area contributed by atoms with Crippen molar-refractivity contribution < 1.29 is 14.3 Å². The third-order valence-electron chi connectivity index (χ3n) is 3.39. The van der Waals surface area contributed by atoms with Crippen LogP contribution in [0, 0.1) is 0 Å². The Morgan fingerprint density at radius 1 is 1.44 bits per heavy atom. The van der Waals surface area contributed by atoms with Crippen molar-refractivity contribution in [3.8, 4) is 22.9 Å². The van der Waals surface area contributed by atoms with E-state index in [1.807, 2.05) is 0 Å². The van der Waals surface area contributed by atoms with Crippen molar-refractivity contribution in [1.29, 1.82) is 0 Å². The summed E-state index contributed by atoms with van der Waals surface area (Å²) in [5.41, 5.74) is 0.675. The van der Waals surface area contributed by atoms with Gasteiger partial charge in [-0.3, -0.25) is 4.79 Å². The molecule has 0 saturated carbocycles. The van der Waals surface area contributed by atoms with Crippen molar-refractivity contribution in [2.24, 2.45) is 0 Å². The normalized spacial score (nSPS) is 11.6. The Balaban J connectivity index is 2.24. The standard InChI is InChI=1S/C16H21N5O3S/c1-5-8-18-15(22)10(2)25-16-20-19-14(21(16)17)12-7-6-11(23-3)9-13(12)24-4/h5-7,9-10H,1,8,17H2,2-4H3,(H,18,22)/t10-/m0/s1. The van der Waals surface area contributed by atoms with Crippen LogP contribution in [0.25, 0.3) is 11.4 Å². The molecule has 0 unspecified atom stereocenters. The van der Waals surface area contributed by atoms with E-state index in [1.165, 1.54) is 16.4 Å². The number of thioether (sulfide) groups is 1. The molecule has 0 fully saturated rings. The summed E-state index contributed by atoms with van der Waals surface area (Å²) in [6.07, 6.45) is 1.62. The average molecular weight is 363 g/mol. The number of aromatic nitrogens is 3. The number of rotatable bonds is 8. The Morgan fingerprint density at radius 2 is 2.20 bits per heavy atom. The molecule has 0 aliphatic rings. The van der Waals surface area contributed by atoms with E-state index in [-0.39, 0.29) is 11.2 Å². The molecule has 1 amide bonds. The lowest BCUT2D eigenvalue weighted by molar-refractivity contribution is -0.120. The summed E-state index contributed by atoms with van der Waals surface area (Å²) in [4.78, 5) is 12.0. The van der Waals surface area contributed by atoms with Gasteiger partial charge >= 0.3 is 0 Å². The van der Waals surface area contributed by atoms with Gasteiger partial charge in [0.15, 0.2) is 5.82 Å². The first kappa shape index (κ1) is 18.7. The van der Waals surface area contributed by atoms with Crippen LogP contribution >= 0.6 is 11.8 Å². The quantitative estimate of drug-likeness (QED) is 0.416. The van der Waals surface area contributed by atoms with Gasteiger partial charge in [0, 0.05) is 12.6 Å². The smallest absolute Gasteiger partial charge is 0.233 e. The van der Waals surface area contributed by atoms with Gasteiger partial charge in [0.25, 0.3) is 0 Å². The summed E-state index contributed by atoms with van der Waals surface area (Å²) in [7, 11) is 3.13. The lowest BCUT2D eigenvalue weighted by Gasteiger charge is -2.11. The SMILES string of the molecule is C=CCNC(=O)[C@H](C)Sc1nnc(-c2ccc(OC)cc2OC)n1N. The molecule has 9 heteroatoms. The average Bonchev–Trinajstić information content (AvgIpc) is 2.99. The van der Waals surface area contributed by atoms with Crippen LogP contribution in [-0.4, -0.2) is 46.8 Å². The van der Waals surface area contributed by atoms with Gasteiger partial charge in [0.05, 0.1) is 25.0 Å². The van der Waals surface area contributed by atoms with Gasteiger partial charge in [-0.05, 0) is 19.1 Å². The lowest BCUT2D eigenvalue weighted by atomic mass is 10.2. The predicted octanol–water partition coefficient (Wildman–Crippen LogP) is 1.46. The van der Waals surface area contributed by atoms with Gasteiger partial charge in [-0.15, -0.1) is 16.8 Å². The minimum absolute atomic E-state index is 0.128. The van der Waals surface area contributed by atoms with Gasteiger partial charge < -0.3 is 20.6 Å². The van der Waals surface area contributed by atoms with Crippen LogP contribution in [-0.2, 0) is 4.79 Å². The zero-order valence-electron chi connectivity index (χ0n) is 14.4. The van der Waals surface area contributed by atoms with Crippen molar-refractivity contribution in [2.45, 2.75) is 17.3 Å². The topological polar surface area (TPSA) is 104 Å². The van der Waals surface area contributed by atoms with Gasteiger partial charge in [0.2, 0.25) is 11.1 Å². The fourth-order valence-electron chi connectivity index (χ4n) is 2.05. The number of ether oxygens (including phenoxy) is 2. The van der Waals surface area contributed by atoms with Crippen LogP contribution in [0.3, 0.4) is 0 Å². The Morgan fingerprint density at radius 3 is 2.84 bits per heavy atom. The number of nitrogens with zero attached hydrogens (tertiary/aromatic N) is 3. The van der Waals surface area contributed by atoms with E-state index in [9.17, 15) is 4.79 Å². The molecular formula is C16H21N5O3S. The summed E-state index contributed by atoms with van der Waals surface area (Å²) in [6.45, 7) is 5.75. The summed E-state index contributed by atoms with van der Waals surface area (Å²) >= 11 is 1.22. The van der Waals surface area contributed by atoms with Gasteiger partial charge in [-0.25, -0.2) is 4.68 Å². The van der Waals surface area contributed by atoms with Crippen LogP contribution in [0.1, 0.15) is 6.92 Å². The number of carbonyl (C=O) groups excluding carboxylic acids is 1. The van der Waals surface area contributed by atoms with Crippen LogP contribution in [0.5, 0.6) is 11.5 Å². The van der Waals surface area contributed by atoms with Gasteiger partial charge in [-0.2, -0.15) is 0 Å². The first-order chi connectivity index (χ1) is 12.0. The third-order valence-corrected chi connectivity index (χ3v) is 4.44. The number of methoxy groups -OCH3 is 2. The minimum Gasteiger partial charge on any atom is -0.497 e. The van der Waals surface area contributed by atoms with Crippen molar-refractivity contribution in [1.82, 2.24) is 20.2 Å². The zero-order chi connectivity index (χ0) is 18.4. The summed E-state index contributed by atoms with van der Waals surface area (Å²) in [6, 6.07) is 5.31. The first-order valence-corrected chi connectivity index (χ1v) is 8.38. The molecular weight excluding hydrogens is 342 g/mol. The number of nitrogens with one attached hydrogen (secondary N) is 1. The van der Waals surface area contributed by atoms with Crippen molar-refractivity contribution in [3.63, 3.8) is 0 Å². The first-order valence-electron chi connectivity index (χ1n) is 7.50. The van der Waals surface area contributed by atoms with Crippen LogP contribution in [0.15, 0.2) is 36.0 Å². The molecule has 2 rings (SSSR count). The molecule has 0 aliphatic heterocycles. The predicted molar refractivity (Wildman–Crippen MR) is 97.2 cm³/mol. The fraction of sp³-hybridized carbons (Fsp3) is 0.312. The Kier molecular flexibility index (Phi) is 6.29. The highest BCUT2D eigenvalue weighted by molar-refractivity contribution is 8.00. The Hall–Kier alpha value is -2.68. The number of carbonyl (C=O) groups is 1. The molecule has 2 aromatic rings. The summed E-state index contributed by atoms with van der Waals surface area (Å²) < 4.78 is 11.9. The van der Waals surface area contributed by atoms with Crippen molar-refractivity contribution in [2.75, 3.05) is 26.6 Å². The number of nitrogens with two attached hydrogens (primary N) is 1. The maximum absolute atomic E-state index is 12.0. The fourth-order valence-corrected chi connectivity index (χ4v) is 2.85. The van der Waals surface area contributed by atoms with Crippen molar-refractivity contribution in [3.05, 3.63) is 30.9 Å². The molecule has 1 aromatic carbocycles. The van der Waals surface area contributed by atoms with Gasteiger partial charge in [0.1, 0.15) is 11.5 Å². The molecule has 0 radical (unpaired) electrons. The molecule has 1 heterocycles. The highest BCUT2D eigenvalue weighted by Gasteiger charge is 2.21. The second kappa shape index (κ2) is 8.43. The van der Waals surface area contributed by atoms with Crippen molar-refractivity contribution >= 4 is 17.7 Å². The molecule has 0 bridgehead atoms. The summed E-state index contributed by atoms with van der Waals surface area (Å²) in [5, 5.41) is 11.0. The van der Waals surface area contributed by atoms with Crippen LogP contribution in [0.2, 0.25) is 0 Å². The number of nitrogen functional groups attached to an aromatic ring is 1. The van der Waals surface area contributed by atoms with E-state index < -0.39 is 0 Å². The Bertz CT molecular complexity index is 762. The maximum Gasteiger partial charge on any atom is 0.233 e. The van der Waals surface area contributed by atoms with E-state index in [2.05, 4.69) is 22.1 Å². The molecule has 0 spiro atoms. The lowest BCUT2D eigenvalue weighted by Crippen LogP contribution is -2.31. The molecule has 134 valence electrons. The molecule has 3 N–H and O–H groups in total. The minimum atomic E-state index is -0.378. The Labute approximate surface area is 150 Å². The van der Waals surface area contributed by atoms with Crippen LogP contribution < -0.4 is 20.6 Å². The van der Waals surface area contributed by atoms with E-state index >= 15 is 0 Å². The van der Waals surface area contributed by atoms with Gasteiger partial charge in [-0.1, -0.05) is 17.8 Å². The highest BCUT2D eigenvalue weighted by atomic mass is 32.2. The molecule has 25 heavy (non-hydrogen) atoms. The third kappa shape index (κ3) is 4.24. The van der Waals surface area contributed by atoms with E-state index in [4.69, 9.17) is 15.3 Å². The van der Waals surface area contributed by atoms with E-state index in [0.29, 0.717) is 34.6 Å². The van der Waals surface area contributed by atoms with E-state index in [1.54, 1.807) is 45.4 Å². The molecule has 1 aromatic heterocycles. The molecule has 8 nitrogen and oxygen atoms in total. The maximum atomic E-state index is 12.0. The van der Waals surface area contributed by atoms with Crippen LogP contribution in [0.4, 0.5) is 0 Å². The number of hydrogen-bond donors (Lipinski definition) is 2. The largest absolute Gasteiger partial charge is 0.497 e. The number of benzene rings is 1. The number of amides is 1. The summed E-state index contributed by atoms with van der Waals surface area (Å²) in [5.74, 6) is 7.64. The second-order valence-corrected chi connectivity index (χ2v) is 6.34. The zero-order valence-corrected chi connectivity index (χ0v) is 15.2. The number of hydrogen-bond acceptors (Lipinski definition) is 7. The van der Waals surface area contributed by atoms with E-state index in [0.717, 1.165) is 0 Å². The highest BCUT2D eigenvalue weighted by Crippen LogP contribution is 2.33. The molecule has 0 saturated heterocycles. The molecule has 1 atom stereocenters.